The molecule has 0 saturated heterocycles. The van der Waals surface area contributed by atoms with E-state index in [4.69, 9.17) is 5.21 Å². The van der Waals surface area contributed by atoms with E-state index in [0.29, 0.717) is 24.6 Å². The van der Waals surface area contributed by atoms with Crippen LogP contribution in [0.15, 0.2) is 12.3 Å². The second-order valence-electron chi connectivity index (χ2n) is 9.41. The smallest absolute Gasteiger partial charge is 0.276 e. The van der Waals surface area contributed by atoms with Crippen molar-refractivity contribution in [2.75, 3.05) is 6.54 Å². The summed E-state index contributed by atoms with van der Waals surface area (Å²) in [7, 11) is 0. The van der Waals surface area contributed by atoms with Crippen LogP contribution in [0.25, 0.3) is 0 Å². The third-order valence-electron chi connectivity index (χ3n) is 7.73. The summed E-state index contributed by atoms with van der Waals surface area (Å²) in [5.41, 5.74) is 3.06. The standard InChI is InChI=1S/C21H29N3O3/c1-2-17-18-8-16(19(25)22-27)12-23(18)3-4-24(17)20(26)21-9-13-5-14(10-21)7-15(6-13)11-21/h8,12-15,17,27H,2-7,9-11H2,1H3,(H,22,25). The van der Waals surface area contributed by atoms with E-state index in [0.717, 1.165) is 49.1 Å². The number of nitrogens with one attached hydrogen (secondary N) is 1. The maximum absolute atomic E-state index is 13.8. The Morgan fingerprint density at radius 1 is 1.15 bits per heavy atom. The third kappa shape index (κ3) is 2.56. The normalized spacial score (nSPS) is 36.6. The molecule has 6 rings (SSSR count). The van der Waals surface area contributed by atoms with Crippen molar-refractivity contribution in [3.05, 3.63) is 23.5 Å². The van der Waals surface area contributed by atoms with Crippen LogP contribution >= 0.6 is 0 Å². The first-order chi connectivity index (χ1) is 13.0. The maximum atomic E-state index is 13.8. The van der Waals surface area contributed by atoms with Crippen molar-refractivity contribution in [1.82, 2.24) is 14.9 Å². The third-order valence-corrected chi connectivity index (χ3v) is 7.73. The Hall–Kier alpha value is -1.82. The van der Waals surface area contributed by atoms with Crippen LogP contribution in [-0.4, -0.2) is 33.0 Å². The fourth-order valence-corrected chi connectivity index (χ4v) is 7.07. The van der Waals surface area contributed by atoms with E-state index < -0.39 is 5.91 Å². The number of carbonyl (C=O) groups excluding carboxylic acids is 2. The first-order valence-corrected chi connectivity index (χ1v) is 10.5. The van der Waals surface area contributed by atoms with E-state index in [1.165, 1.54) is 19.3 Å². The summed E-state index contributed by atoms with van der Waals surface area (Å²) in [4.78, 5) is 27.8. The highest BCUT2D eigenvalue weighted by atomic mass is 16.5. The van der Waals surface area contributed by atoms with Gasteiger partial charge < -0.3 is 9.47 Å². The Labute approximate surface area is 159 Å². The summed E-state index contributed by atoms with van der Waals surface area (Å²) in [6.07, 6.45) is 9.90. The number of amides is 2. The van der Waals surface area contributed by atoms with Gasteiger partial charge in [-0.15, -0.1) is 0 Å². The summed E-state index contributed by atoms with van der Waals surface area (Å²) in [5, 5.41) is 8.94. The predicted octanol–water partition coefficient (Wildman–Crippen LogP) is 3.12. The van der Waals surface area contributed by atoms with Crippen molar-refractivity contribution < 1.29 is 14.8 Å². The van der Waals surface area contributed by atoms with Crippen LogP contribution in [-0.2, 0) is 11.3 Å². The molecule has 4 bridgehead atoms. The van der Waals surface area contributed by atoms with Crippen molar-refractivity contribution in [2.24, 2.45) is 23.2 Å². The Morgan fingerprint density at radius 2 is 1.78 bits per heavy atom. The Morgan fingerprint density at radius 3 is 2.33 bits per heavy atom. The summed E-state index contributed by atoms with van der Waals surface area (Å²) >= 11 is 0. The molecule has 5 aliphatic rings. The first-order valence-electron chi connectivity index (χ1n) is 10.5. The van der Waals surface area contributed by atoms with Crippen molar-refractivity contribution >= 4 is 11.8 Å². The molecular weight excluding hydrogens is 342 g/mol. The number of hydroxylamine groups is 1. The number of hydrogen-bond donors (Lipinski definition) is 2. The van der Waals surface area contributed by atoms with Gasteiger partial charge in [0.2, 0.25) is 5.91 Å². The highest BCUT2D eigenvalue weighted by molar-refractivity contribution is 5.93. The number of rotatable bonds is 3. The molecule has 146 valence electrons. The SMILES string of the molecule is CCC1c2cc(C(=O)NO)cn2CCN1C(=O)C12CC3CC(CC(C3)C1)C2. The van der Waals surface area contributed by atoms with Crippen LogP contribution in [0, 0.1) is 23.2 Å². The van der Waals surface area contributed by atoms with Crippen molar-refractivity contribution in [3.63, 3.8) is 0 Å². The molecule has 4 fully saturated rings. The lowest BCUT2D eigenvalue weighted by Crippen LogP contribution is -2.56. The lowest BCUT2D eigenvalue weighted by molar-refractivity contribution is -0.161. The maximum Gasteiger partial charge on any atom is 0.276 e. The molecule has 2 amide bonds. The van der Waals surface area contributed by atoms with Gasteiger partial charge in [0.05, 0.1) is 17.0 Å². The van der Waals surface area contributed by atoms with E-state index in [1.54, 1.807) is 11.7 Å². The van der Waals surface area contributed by atoms with Crippen LogP contribution in [0.5, 0.6) is 0 Å². The van der Waals surface area contributed by atoms with Crippen LogP contribution in [0.2, 0.25) is 0 Å². The van der Waals surface area contributed by atoms with Gasteiger partial charge >= 0.3 is 0 Å². The molecule has 0 radical (unpaired) electrons. The molecular formula is C21H29N3O3. The molecule has 0 aromatic carbocycles. The molecule has 1 unspecified atom stereocenters. The summed E-state index contributed by atoms with van der Waals surface area (Å²) in [5.74, 6) is 2.15. The van der Waals surface area contributed by atoms with Crippen molar-refractivity contribution in [1.29, 1.82) is 0 Å². The molecule has 1 atom stereocenters. The molecule has 2 heterocycles. The van der Waals surface area contributed by atoms with Gasteiger partial charge in [0.25, 0.3) is 5.91 Å². The molecule has 6 nitrogen and oxygen atoms in total. The largest absolute Gasteiger partial charge is 0.347 e. The van der Waals surface area contributed by atoms with Gasteiger partial charge in [-0.1, -0.05) is 6.92 Å². The van der Waals surface area contributed by atoms with Crippen molar-refractivity contribution in [3.8, 4) is 0 Å². The van der Waals surface area contributed by atoms with E-state index in [-0.39, 0.29) is 11.5 Å². The minimum Gasteiger partial charge on any atom is -0.347 e. The molecule has 2 N–H and O–H groups in total. The Bertz CT molecular complexity index is 748. The molecule has 4 aliphatic carbocycles. The molecule has 1 aromatic heterocycles. The molecule has 6 heteroatoms. The van der Waals surface area contributed by atoms with Gasteiger partial charge in [-0.3, -0.25) is 14.8 Å². The average Bonchev–Trinajstić information content (AvgIpc) is 3.09. The Kier molecular flexibility index (Phi) is 3.90. The highest BCUT2D eigenvalue weighted by Gasteiger charge is 2.56. The fourth-order valence-electron chi connectivity index (χ4n) is 7.07. The quantitative estimate of drug-likeness (QED) is 0.633. The molecule has 4 saturated carbocycles. The van der Waals surface area contributed by atoms with E-state index >= 15 is 0 Å². The van der Waals surface area contributed by atoms with Crippen LogP contribution in [0.3, 0.4) is 0 Å². The highest BCUT2D eigenvalue weighted by Crippen LogP contribution is 2.61. The van der Waals surface area contributed by atoms with Gasteiger partial charge in [0.15, 0.2) is 0 Å². The van der Waals surface area contributed by atoms with E-state index in [9.17, 15) is 9.59 Å². The number of aromatic nitrogens is 1. The van der Waals surface area contributed by atoms with Gasteiger partial charge in [0.1, 0.15) is 0 Å². The zero-order valence-electron chi connectivity index (χ0n) is 16.0. The zero-order valence-corrected chi connectivity index (χ0v) is 16.0. The van der Waals surface area contributed by atoms with E-state index in [1.807, 2.05) is 6.07 Å². The van der Waals surface area contributed by atoms with Gasteiger partial charge in [-0.2, -0.15) is 0 Å². The lowest BCUT2D eigenvalue weighted by Gasteiger charge is -2.57. The van der Waals surface area contributed by atoms with Crippen LogP contribution < -0.4 is 5.48 Å². The number of nitrogens with zero attached hydrogens (tertiary/aromatic N) is 2. The minimum atomic E-state index is -0.495. The fraction of sp³-hybridized carbons (Fsp3) is 0.714. The predicted molar refractivity (Wildman–Crippen MR) is 99.0 cm³/mol. The number of hydrogen-bond acceptors (Lipinski definition) is 3. The van der Waals surface area contributed by atoms with Crippen LogP contribution in [0.1, 0.15) is 74.0 Å². The molecule has 27 heavy (non-hydrogen) atoms. The van der Waals surface area contributed by atoms with Crippen molar-refractivity contribution in [2.45, 2.75) is 64.5 Å². The Balaban J connectivity index is 1.44. The van der Waals surface area contributed by atoms with Gasteiger partial charge in [-0.25, -0.2) is 5.48 Å². The minimum absolute atomic E-state index is 0.0134. The molecule has 1 aromatic rings. The van der Waals surface area contributed by atoms with Crippen LogP contribution in [0.4, 0.5) is 0 Å². The summed E-state index contributed by atoms with van der Waals surface area (Å²) in [6.45, 7) is 3.53. The average molecular weight is 371 g/mol. The second-order valence-corrected chi connectivity index (χ2v) is 9.41. The molecule has 1 aliphatic heterocycles. The van der Waals surface area contributed by atoms with Gasteiger partial charge in [-0.05, 0) is 68.8 Å². The summed E-state index contributed by atoms with van der Waals surface area (Å²) < 4.78 is 2.07. The topological polar surface area (TPSA) is 74.6 Å². The number of carbonyl (C=O) groups is 2. The monoisotopic (exact) mass is 371 g/mol. The lowest BCUT2D eigenvalue weighted by atomic mass is 9.49. The zero-order chi connectivity index (χ0) is 18.8. The summed E-state index contributed by atoms with van der Waals surface area (Å²) in [6, 6.07) is 1.85. The second kappa shape index (κ2) is 6.09. The molecule has 0 spiro atoms. The van der Waals surface area contributed by atoms with Gasteiger partial charge in [0, 0.05) is 25.0 Å². The number of fused-ring (bicyclic) bond motifs is 1. The van der Waals surface area contributed by atoms with E-state index in [2.05, 4.69) is 16.4 Å². The first kappa shape index (κ1) is 17.3.